The minimum absolute atomic E-state index is 0.199. The average molecular weight is 418 g/mol. The molecule has 0 aliphatic carbocycles. The van der Waals surface area contributed by atoms with Crippen LogP contribution >= 0.6 is 0 Å². The van der Waals surface area contributed by atoms with Gasteiger partial charge in [-0.15, -0.1) is 0 Å². The molecule has 4 N–H and O–H groups in total. The summed E-state index contributed by atoms with van der Waals surface area (Å²) in [6, 6.07) is 18.1. The Bertz CT molecular complexity index is 1170. The van der Waals surface area contributed by atoms with Gasteiger partial charge in [-0.25, -0.2) is 9.82 Å². The van der Waals surface area contributed by atoms with Gasteiger partial charge in [-0.05, 0) is 67.1 Å². The number of hydrogen-bond acceptors (Lipinski definition) is 4. The summed E-state index contributed by atoms with van der Waals surface area (Å²) >= 11 is 0. The van der Waals surface area contributed by atoms with E-state index in [-0.39, 0.29) is 5.56 Å². The Morgan fingerprint density at radius 2 is 1.45 bits per heavy atom. The number of anilines is 1. The van der Waals surface area contributed by atoms with Crippen molar-refractivity contribution in [2.24, 2.45) is 10.8 Å². The highest BCUT2D eigenvalue weighted by Crippen LogP contribution is 2.14. The van der Waals surface area contributed by atoms with Gasteiger partial charge < -0.3 is 11.1 Å². The summed E-state index contributed by atoms with van der Waals surface area (Å²) in [5, 5.41) is 6.78. The lowest BCUT2D eigenvalue weighted by Gasteiger charge is -2.08. The number of hydrazone groups is 1. The number of primary amides is 1. The van der Waals surface area contributed by atoms with E-state index in [1.807, 2.05) is 0 Å². The second kappa shape index (κ2) is 9.45. The molecule has 8 heteroatoms. The lowest BCUT2D eigenvalue weighted by atomic mass is 10.1. The summed E-state index contributed by atoms with van der Waals surface area (Å²) < 4.78 is 13.3. The first-order valence-electron chi connectivity index (χ1n) is 9.25. The van der Waals surface area contributed by atoms with Crippen molar-refractivity contribution in [3.05, 3.63) is 101 Å². The quantitative estimate of drug-likeness (QED) is 0.421. The minimum Gasteiger partial charge on any atom is -0.366 e. The Morgan fingerprint density at radius 3 is 2.13 bits per heavy atom. The third kappa shape index (κ3) is 5.60. The Hall–Kier alpha value is -4.33. The number of amides is 3. The van der Waals surface area contributed by atoms with Crippen LogP contribution in [0.5, 0.6) is 0 Å². The highest BCUT2D eigenvalue weighted by Gasteiger charge is 2.09. The van der Waals surface area contributed by atoms with E-state index in [2.05, 4.69) is 15.8 Å². The highest BCUT2D eigenvalue weighted by molar-refractivity contribution is 6.06. The van der Waals surface area contributed by atoms with E-state index >= 15 is 0 Å². The summed E-state index contributed by atoms with van der Waals surface area (Å²) in [4.78, 5) is 35.6. The molecule has 0 spiro atoms. The van der Waals surface area contributed by atoms with E-state index in [1.54, 1.807) is 31.2 Å². The molecule has 0 fully saturated rings. The van der Waals surface area contributed by atoms with Gasteiger partial charge in [0.25, 0.3) is 11.8 Å². The van der Waals surface area contributed by atoms with Gasteiger partial charge in [0.15, 0.2) is 0 Å². The van der Waals surface area contributed by atoms with Crippen LogP contribution in [0.1, 0.15) is 43.6 Å². The van der Waals surface area contributed by atoms with Gasteiger partial charge in [0.05, 0.1) is 5.71 Å². The van der Waals surface area contributed by atoms with Crippen molar-refractivity contribution < 1.29 is 18.8 Å². The Labute approximate surface area is 177 Å². The average Bonchev–Trinajstić information content (AvgIpc) is 2.77. The number of nitrogens with two attached hydrogens (primary N) is 1. The van der Waals surface area contributed by atoms with E-state index in [1.165, 1.54) is 42.5 Å². The molecule has 0 atom stereocenters. The van der Waals surface area contributed by atoms with Crippen LogP contribution in [0, 0.1) is 5.82 Å². The van der Waals surface area contributed by atoms with Crippen LogP contribution in [0.15, 0.2) is 77.9 Å². The lowest BCUT2D eigenvalue weighted by molar-refractivity contribution is 0.0951. The fourth-order valence-corrected chi connectivity index (χ4v) is 2.70. The molecule has 3 rings (SSSR count). The van der Waals surface area contributed by atoms with Crippen molar-refractivity contribution >= 4 is 29.1 Å². The molecule has 0 heterocycles. The highest BCUT2D eigenvalue weighted by atomic mass is 19.1. The molecule has 7 nitrogen and oxygen atoms in total. The molecule has 0 unspecified atom stereocenters. The molecule has 0 bridgehead atoms. The maximum Gasteiger partial charge on any atom is 0.271 e. The fourth-order valence-electron chi connectivity index (χ4n) is 2.70. The Balaban J connectivity index is 1.68. The van der Waals surface area contributed by atoms with E-state index < -0.39 is 23.5 Å². The molecular formula is C23H19FN4O3. The summed E-state index contributed by atoms with van der Waals surface area (Å²) in [7, 11) is 0. The van der Waals surface area contributed by atoms with Crippen LogP contribution in [0.3, 0.4) is 0 Å². The van der Waals surface area contributed by atoms with Crippen LogP contribution in [0.2, 0.25) is 0 Å². The van der Waals surface area contributed by atoms with Crippen molar-refractivity contribution in [3.8, 4) is 0 Å². The first-order chi connectivity index (χ1) is 14.8. The molecule has 0 aliphatic heterocycles. The molecule has 0 radical (unpaired) electrons. The van der Waals surface area contributed by atoms with Crippen LogP contribution in [-0.2, 0) is 0 Å². The van der Waals surface area contributed by atoms with Gasteiger partial charge in [0.1, 0.15) is 5.82 Å². The van der Waals surface area contributed by atoms with Gasteiger partial charge in [-0.2, -0.15) is 5.10 Å². The first kappa shape index (κ1) is 21.4. The van der Waals surface area contributed by atoms with E-state index in [0.717, 1.165) is 6.07 Å². The lowest BCUT2D eigenvalue weighted by Crippen LogP contribution is -2.20. The van der Waals surface area contributed by atoms with E-state index in [9.17, 15) is 18.8 Å². The van der Waals surface area contributed by atoms with Crippen molar-refractivity contribution in [1.82, 2.24) is 5.43 Å². The van der Waals surface area contributed by atoms with E-state index in [4.69, 9.17) is 5.73 Å². The van der Waals surface area contributed by atoms with Gasteiger partial charge in [0.2, 0.25) is 5.91 Å². The molecule has 31 heavy (non-hydrogen) atoms. The number of carbonyl (C=O) groups excluding carboxylic acids is 3. The number of carbonyl (C=O) groups is 3. The standard InChI is InChI=1S/C23H19FN4O3/c1-14(27-28-23(31)16-10-8-15(9-11-16)21(25)29)17-4-3-7-20(13-17)26-22(30)18-5-2-6-19(24)12-18/h2-13H,1H3,(H2,25,29)(H,26,30)(H,28,31)/b27-14-. The Kier molecular flexibility index (Phi) is 6.51. The Morgan fingerprint density at radius 1 is 0.806 bits per heavy atom. The molecule has 0 saturated heterocycles. The van der Waals surface area contributed by atoms with Crippen LogP contribution in [0.25, 0.3) is 0 Å². The second-order valence-electron chi connectivity index (χ2n) is 6.63. The van der Waals surface area contributed by atoms with Crippen LogP contribution < -0.4 is 16.5 Å². The molecule has 3 aromatic carbocycles. The zero-order valence-electron chi connectivity index (χ0n) is 16.6. The van der Waals surface area contributed by atoms with Gasteiger partial charge >= 0.3 is 0 Å². The topological polar surface area (TPSA) is 114 Å². The predicted molar refractivity (Wildman–Crippen MR) is 115 cm³/mol. The minimum atomic E-state index is -0.579. The maximum absolute atomic E-state index is 13.3. The first-order valence-corrected chi connectivity index (χ1v) is 9.25. The number of halogens is 1. The van der Waals surface area contributed by atoms with Crippen LogP contribution in [-0.4, -0.2) is 23.4 Å². The van der Waals surface area contributed by atoms with Crippen LogP contribution in [0.4, 0.5) is 10.1 Å². The number of nitrogens with one attached hydrogen (secondary N) is 2. The van der Waals surface area contributed by atoms with Crippen molar-refractivity contribution in [2.75, 3.05) is 5.32 Å². The number of nitrogens with zero attached hydrogens (tertiary/aromatic N) is 1. The predicted octanol–water partition coefficient (Wildman–Crippen LogP) is 3.33. The molecule has 0 saturated carbocycles. The normalized spacial score (nSPS) is 11.0. The molecular weight excluding hydrogens is 399 g/mol. The third-order valence-corrected chi connectivity index (χ3v) is 4.38. The number of benzene rings is 3. The third-order valence-electron chi connectivity index (χ3n) is 4.38. The monoisotopic (exact) mass is 418 g/mol. The van der Waals surface area contributed by atoms with Crippen molar-refractivity contribution in [2.45, 2.75) is 6.92 Å². The van der Waals surface area contributed by atoms with Crippen molar-refractivity contribution in [3.63, 3.8) is 0 Å². The number of hydrogen-bond donors (Lipinski definition) is 3. The van der Waals surface area contributed by atoms with Gasteiger partial charge in [0, 0.05) is 22.4 Å². The summed E-state index contributed by atoms with van der Waals surface area (Å²) in [6.45, 7) is 1.70. The molecule has 0 aromatic heterocycles. The molecule has 3 amide bonds. The van der Waals surface area contributed by atoms with Gasteiger partial charge in [-0.3, -0.25) is 14.4 Å². The zero-order valence-corrected chi connectivity index (χ0v) is 16.6. The van der Waals surface area contributed by atoms with Gasteiger partial charge in [-0.1, -0.05) is 18.2 Å². The second-order valence-corrected chi connectivity index (χ2v) is 6.63. The fraction of sp³-hybridized carbons (Fsp3) is 0.0435. The molecule has 0 aliphatic rings. The molecule has 156 valence electrons. The summed E-state index contributed by atoms with van der Waals surface area (Å²) in [5.41, 5.74) is 10.1. The largest absolute Gasteiger partial charge is 0.366 e. The SMILES string of the molecule is C/C(=N/NC(=O)c1ccc(C(N)=O)cc1)c1cccc(NC(=O)c2cccc(F)c2)c1. The van der Waals surface area contributed by atoms with E-state index in [0.29, 0.717) is 28.1 Å². The summed E-state index contributed by atoms with van der Waals surface area (Å²) in [6.07, 6.45) is 0. The number of rotatable bonds is 6. The molecule has 3 aromatic rings. The smallest absolute Gasteiger partial charge is 0.271 e. The zero-order chi connectivity index (χ0) is 22.4. The maximum atomic E-state index is 13.3. The summed E-state index contributed by atoms with van der Waals surface area (Å²) in [5.74, 6) is -1.97. The van der Waals surface area contributed by atoms with Crippen molar-refractivity contribution in [1.29, 1.82) is 0 Å².